The van der Waals surface area contributed by atoms with Gasteiger partial charge < -0.3 is 0 Å². The van der Waals surface area contributed by atoms with Crippen LogP contribution in [0.4, 0.5) is 0 Å². The van der Waals surface area contributed by atoms with Crippen molar-refractivity contribution in [1.29, 1.82) is 0 Å². The minimum atomic E-state index is 0.268. The Balaban J connectivity index is 2.03. The van der Waals surface area contributed by atoms with E-state index in [4.69, 9.17) is 0 Å². The number of hydrogen-bond acceptors (Lipinski definition) is 2. The minimum Gasteiger partial charge on any atom is -0.296 e. The van der Waals surface area contributed by atoms with Gasteiger partial charge in [-0.05, 0) is 45.3 Å². The highest BCUT2D eigenvalue weighted by Crippen LogP contribution is 2.14. The summed E-state index contributed by atoms with van der Waals surface area (Å²) in [5.74, 6) is 0.268. The first-order valence-electron chi connectivity index (χ1n) is 6.49. The van der Waals surface area contributed by atoms with Crippen LogP contribution in [-0.2, 0) is 0 Å². The lowest BCUT2D eigenvalue weighted by Crippen LogP contribution is -2.34. The van der Waals surface area contributed by atoms with Crippen LogP contribution in [0.5, 0.6) is 0 Å². The predicted molar refractivity (Wildman–Crippen MR) is 70.5 cm³/mol. The molecule has 92 valence electrons. The third-order valence-corrected chi connectivity index (χ3v) is 3.50. The Kier molecular flexibility index (Phi) is 3.95. The van der Waals surface area contributed by atoms with E-state index in [2.05, 4.69) is 17.9 Å². The summed E-state index contributed by atoms with van der Waals surface area (Å²) in [5, 5.41) is 0. The number of aryl methyl sites for hydroxylation is 2. The molecule has 0 saturated carbocycles. The molecule has 0 amide bonds. The zero-order valence-corrected chi connectivity index (χ0v) is 10.8. The van der Waals surface area contributed by atoms with E-state index < -0.39 is 0 Å². The zero-order valence-electron chi connectivity index (χ0n) is 10.8. The molecule has 1 aromatic rings. The van der Waals surface area contributed by atoms with Gasteiger partial charge in [-0.2, -0.15) is 0 Å². The van der Waals surface area contributed by atoms with Crippen LogP contribution in [0, 0.1) is 13.8 Å². The number of carbonyl (C=O) groups is 1. The number of benzene rings is 1. The first-order valence-corrected chi connectivity index (χ1v) is 6.49. The molecule has 0 aromatic heterocycles. The third kappa shape index (κ3) is 3.16. The summed E-state index contributed by atoms with van der Waals surface area (Å²) >= 11 is 0. The highest BCUT2D eigenvalue weighted by Gasteiger charge is 2.16. The fourth-order valence-corrected chi connectivity index (χ4v) is 2.53. The van der Waals surface area contributed by atoms with Gasteiger partial charge in [-0.3, -0.25) is 9.69 Å². The summed E-state index contributed by atoms with van der Waals surface area (Å²) in [6.07, 6.45) is 3.79. The highest BCUT2D eigenvalue weighted by molar-refractivity contribution is 5.98. The zero-order chi connectivity index (χ0) is 12.3. The van der Waals surface area contributed by atoms with Gasteiger partial charge >= 0.3 is 0 Å². The number of rotatable bonds is 3. The summed E-state index contributed by atoms with van der Waals surface area (Å²) in [6, 6.07) is 6.08. The van der Waals surface area contributed by atoms with Crippen molar-refractivity contribution in [3.05, 3.63) is 34.9 Å². The van der Waals surface area contributed by atoms with Gasteiger partial charge in [0.25, 0.3) is 0 Å². The molecule has 2 nitrogen and oxygen atoms in total. The Hall–Kier alpha value is -1.15. The Morgan fingerprint density at radius 3 is 2.53 bits per heavy atom. The number of Topliss-reactive ketones (excluding diaryl/α,β-unsaturated/α-hetero) is 1. The molecule has 0 unspecified atom stereocenters. The largest absolute Gasteiger partial charge is 0.296 e. The lowest BCUT2D eigenvalue weighted by Gasteiger charge is -2.25. The van der Waals surface area contributed by atoms with Crippen molar-refractivity contribution in [2.45, 2.75) is 33.1 Å². The van der Waals surface area contributed by atoms with Crippen molar-refractivity contribution in [3.8, 4) is 0 Å². The van der Waals surface area contributed by atoms with Crippen molar-refractivity contribution in [1.82, 2.24) is 4.90 Å². The molecule has 0 spiro atoms. The lowest BCUT2D eigenvalue weighted by molar-refractivity contribution is 0.0915. The lowest BCUT2D eigenvalue weighted by atomic mass is 10.0. The van der Waals surface area contributed by atoms with Crippen molar-refractivity contribution in [2.75, 3.05) is 19.6 Å². The van der Waals surface area contributed by atoms with E-state index in [-0.39, 0.29) is 5.78 Å². The molecule has 0 aliphatic carbocycles. The molecular formula is C15H21NO. The average Bonchev–Trinajstić information content (AvgIpc) is 2.30. The number of ketones is 1. The van der Waals surface area contributed by atoms with Crippen molar-refractivity contribution < 1.29 is 4.79 Å². The van der Waals surface area contributed by atoms with Gasteiger partial charge in [0.15, 0.2) is 5.78 Å². The number of nitrogens with zero attached hydrogens (tertiary/aromatic N) is 1. The molecule has 2 rings (SSSR count). The molecule has 1 heterocycles. The second kappa shape index (κ2) is 5.46. The molecule has 1 fully saturated rings. The van der Waals surface area contributed by atoms with Gasteiger partial charge in [-0.15, -0.1) is 0 Å². The van der Waals surface area contributed by atoms with Crippen LogP contribution in [0.25, 0.3) is 0 Å². The molecule has 0 radical (unpaired) electrons. The van der Waals surface area contributed by atoms with Crippen molar-refractivity contribution >= 4 is 5.78 Å². The molecule has 1 aromatic carbocycles. The Labute approximate surface area is 104 Å². The highest BCUT2D eigenvalue weighted by atomic mass is 16.1. The van der Waals surface area contributed by atoms with Crippen molar-refractivity contribution in [3.63, 3.8) is 0 Å². The van der Waals surface area contributed by atoms with E-state index in [9.17, 15) is 4.79 Å². The summed E-state index contributed by atoms with van der Waals surface area (Å²) in [4.78, 5) is 14.5. The fourth-order valence-electron chi connectivity index (χ4n) is 2.53. The molecule has 1 aliphatic heterocycles. The van der Waals surface area contributed by atoms with Crippen LogP contribution in [0.2, 0.25) is 0 Å². The molecule has 0 atom stereocenters. The number of carbonyl (C=O) groups excluding carboxylic acids is 1. The first kappa shape index (κ1) is 12.3. The maximum absolute atomic E-state index is 12.2. The molecule has 1 aliphatic rings. The van der Waals surface area contributed by atoms with E-state index in [1.165, 1.54) is 24.8 Å². The Morgan fingerprint density at radius 1 is 1.18 bits per heavy atom. The third-order valence-electron chi connectivity index (χ3n) is 3.50. The van der Waals surface area contributed by atoms with Crippen LogP contribution in [-0.4, -0.2) is 30.3 Å². The van der Waals surface area contributed by atoms with E-state index in [0.29, 0.717) is 6.54 Å². The second-order valence-electron chi connectivity index (χ2n) is 5.08. The molecule has 1 saturated heterocycles. The quantitative estimate of drug-likeness (QED) is 0.745. The van der Waals surface area contributed by atoms with Crippen LogP contribution in [0.15, 0.2) is 18.2 Å². The van der Waals surface area contributed by atoms with Crippen LogP contribution in [0.3, 0.4) is 0 Å². The van der Waals surface area contributed by atoms with Crippen LogP contribution < -0.4 is 0 Å². The van der Waals surface area contributed by atoms with Gasteiger partial charge in [0, 0.05) is 5.56 Å². The van der Waals surface area contributed by atoms with E-state index in [0.717, 1.165) is 24.2 Å². The number of piperidine rings is 1. The van der Waals surface area contributed by atoms with E-state index >= 15 is 0 Å². The molecule has 2 heteroatoms. The smallest absolute Gasteiger partial charge is 0.177 e. The minimum absolute atomic E-state index is 0.268. The maximum Gasteiger partial charge on any atom is 0.177 e. The first-order chi connectivity index (χ1) is 8.16. The fraction of sp³-hybridized carbons (Fsp3) is 0.533. The van der Waals surface area contributed by atoms with E-state index in [1.807, 2.05) is 19.1 Å². The topological polar surface area (TPSA) is 20.3 Å². The Bertz CT molecular complexity index is 405. The van der Waals surface area contributed by atoms with Gasteiger partial charge in [0.05, 0.1) is 6.54 Å². The summed E-state index contributed by atoms with van der Waals surface area (Å²) in [5.41, 5.74) is 3.21. The van der Waals surface area contributed by atoms with E-state index in [1.54, 1.807) is 0 Å². The van der Waals surface area contributed by atoms with Gasteiger partial charge in [0.2, 0.25) is 0 Å². The van der Waals surface area contributed by atoms with Crippen molar-refractivity contribution in [2.24, 2.45) is 0 Å². The summed E-state index contributed by atoms with van der Waals surface area (Å²) in [6.45, 7) is 6.83. The summed E-state index contributed by atoms with van der Waals surface area (Å²) in [7, 11) is 0. The van der Waals surface area contributed by atoms with Gasteiger partial charge in [-0.1, -0.05) is 30.2 Å². The van der Waals surface area contributed by atoms with Crippen LogP contribution in [0.1, 0.15) is 40.7 Å². The standard InChI is InChI=1S/C15H21NO/c1-12-6-7-14(13(2)10-12)15(17)11-16-8-4-3-5-9-16/h6-7,10H,3-5,8-9,11H2,1-2H3. The molecule has 0 N–H and O–H groups in total. The molecule has 17 heavy (non-hydrogen) atoms. The molecular weight excluding hydrogens is 210 g/mol. The second-order valence-corrected chi connectivity index (χ2v) is 5.08. The number of hydrogen-bond donors (Lipinski definition) is 0. The molecule has 0 bridgehead atoms. The Morgan fingerprint density at radius 2 is 1.88 bits per heavy atom. The monoisotopic (exact) mass is 231 g/mol. The average molecular weight is 231 g/mol. The maximum atomic E-state index is 12.2. The number of likely N-dealkylation sites (tertiary alicyclic amines) is 1. The SMILES string of the molecule is Cc1ccc(C(=O)CN2CCCCC2)c(C)c1. The van der Waals surface area contributed by atoms with Gasteiger partial charge in [0.1, 0.15) is 0 Å². The summed E-state index contributed by atoms with van der Waals surface area (Å²) < 4.78 is 0. The van der Waals surface area contributed by atoms with Crippen LogP contribution >= 0.6 is 0 Å². The predicted octanol–water partition coefficient (Wildman–Crippen LogP) is 2.97. The normalized spacial score (nSPS) is 17.1. The van der Waals surface area contributed by atoms with Gasteiger partial charge in [-0.25, -0.2) is 0 Å².